The first-order chi connectivity index (χ1) is 13.2. The molecule has 0 spiro atoms. The van der Waals surface area contributed by atoms with E-state index in [1.54, 1.807) is 25.4 Å². The molecule has 1 aliphatic heterocycles. The van der Waals surface area contributed by atoms with E-state index in [2.05, 4.69) is 25.6 Å². The van der Waals surface area contributed by atoms with Crippen molar-refractivity contribution in [1.29, 1.82) is 0 Å². The van der Waals surface area contributed by atoms with E-state index in [0.717, 1.165) is 24.3 Å². The van der Waals surface area contributed by atoms with Crippen LogP contribution in [0.1, 0.15) is 17.3 Å². The molecule has 7 nitrogen and oxygen atoms in total. The number of hydrogen-bond acceptors (Lipinski definition) is 4. The lowest BCUT2D eigenvalue weighted by Crippen LogP contribution is -2.46. The van der Waals surface area contributed by atoms with Gasteiger partial charge in [0, 0.05) is 39.9 Å². The van der Waals surface area contributed by atoms with Crippen LogP contribution in [0.5, 0.6) is 0 Å². The monoisotopic (exact) mass is 374 g/mol. The van der Waals surface area contributed by atoms with Crippen molar-refractivity contribution in [3.8, 4) is 0 Å². The molecule has 2 aromatic rings. The minimum atomic E-state index is -0.218. The zero-order valence-corrected chi connectivity index (χ0v) is 15.9. The first-order valence-electron chi connectivity index (χ1n) is 9.16. The van der Waals surface area contributed by atoms with Crippen LogP contribution in [0.4, 0.5) is 4.39 Å². The van der Waals surface area contributed by atoms with Crippen molar-refractivity contribution >= 4 is 5.96 Å². The summed E-state index contributed by atoms with van der Waals surface area (Å²) in [5, 5.41) is 10.8. The molecule has 0 bridgehead atoms. The van der Waals surface area contributed by atoms with Gasteiger partial charge in [-0.25, -0.2) is 4.39 Å². The Labute approximate surface area is 159 Å². The number of aromatic nitrogens is 2. The summed E-state index contributed by atoms with van der Waals surface area (Å²) in [6, 6.07) is 8.81. The molecule has 0 aliphatic carbocycles. The van der Waals surface area contributed by atoms with Crippen LogP contribution in [-0.4, -0.2) is 60.5 Å². The van der Waals surface area contributed by atoms with Gasteiger partial charge in [-0.05, 0) is 23.8 Å². The fourth-order valence-electron chi connectivity index (χ4n) is 3.22. The first-order valence-corrected chi connectivity index (χ1v) is 9.16. The minimum Gasteiger partial charge on any atom is -0.379 e. The Morgan fingerprint density at radius 1 is 1.30 bits per heavy atom. The highest BCUT2D eigenvalue weighted by Crippen LogP contribution is 2.22. The molecule has 27 heavy (non-hydrogen) atoms. The summed E-state index contributed by atoms with van der Waals surface area (Å²) in [6.07, 6.45) is 1.77. The highest BCUT2D eigenvalue weighted by atomic mass is 19.1. The Morgan fingerprint density at radius 3 is 2.78 bits per heavy atom. The number of benzene rings is 1. The maximum atomic E-state index is 13.8. The van der Waals surface area contributed by atoms with Crippen LogP contribution < -0.4 is 10.6 Å². The van der Waals surface area contributed by atoms with E-state index < -0.39 is 0 Å². The molecule has 1 saturated heterocycles. The topological polar surface area (TPSA) is 66.7 Å². The second-order valence-electron chi connectivity index (χ2n) is 6.47. The summed E-state index contributed by atoms with van der Waals surface area (Å²) in [5.41, 5.74) is 2.01. The van der Waals surface area contributed by atoms with Gasteiger partial charge in [-0.2, -0.15) is 5.10 Å². The molecule has 0 amide bonds. The zero-order chi connectivity index (χ0) is 19.1. The zero-order valence-electron chi connectivity index (χ0n) is 15.9. The number of aliphatic imine (C=N–C) groups is 1. The van der Waals surface area contributed by atoms with Crippen LogP contribution in [-0.2, 0) is 18.3 Å². The van der Waals surface area contributed by atoms with E-state index in [4.69, 9.17) is 4.74 Å². The van der Waals surface area contributed by atoms with Gasteiger partial charge in [0.05, 0.1) is 31.5 Å². The average molecular weight is 374 g/mol. The largest absolute Gasteiger partial charge is 0.379 e. The molecule has 1 aromatic carbocycles. The number of morpholine rings is 1. The molecular formula is C19H27FN6O. The van der Waals surface area contributed by atoms with E-state index in [1.807, 2.05) is 23.9 Å². The molecule has 0 saturated carbocycles. The maximum absolute atomic E-state index is 13.8. The summed E-state index contributed by atoms with van der Waals surface area (Å²) in [6.45, 7) is 4.28. The third-order valence-corrected chi connectivity index (χ3v) is 4.77. The van der Waals surface area contributed by atoms with Crippen molar-refractivity contribution in [2.75, 3.05) is 39.9 Å². The summed E-state index contributed by atoms with van der Waals surface area (Å²) in [4.78, 5) is 6.61. The molecule has 0 radical (unpaired) electrons. The third-order valence-electron chi connectivity index (χ3n) is 4.77. The molecular weight excluding hydrogens is 347 g/mol. The highest BCUT2D eigenvalue weighted by molar-refractivity contribution is 5.79. The smallest absolute Gasteiger partial charge is 0.191 e. The van der Waals surface area contributed by atoms with Crippen LogP contribution in [0, 0.1) is 5.82 Å². The van der Waals surface area contributed by atoms with Crippen LogP contribution in [0.2, 0.25) is 0 Å². The molecule has 8 heteroatoms. The van der Waals surface area contributed by atoms with E-state index in [-0.39, 0.29) is 11.9 Å². The van der Waals surface area contributed by atoms with Crippen molar-refractivity contribution in [2.45, 2.75) is 12.6 Å². The SMILES string of the molecule is CN=C(NCc1ccnn1C)NCC(c1cccc(F)c1)N1CCOCC1. The standard InChI is InChI=1S/C19H27FN6O/c1-21-19(22-13-17-6-7-24-25(17)2)23-14-18(26-8-10-27-11-9-26)15-4-3-5-16(20)12-15/h3-7,12,18H,8-11,13-14H2,1-2H3,(H2,21,22,23). The van der Waals surface area contributed by atoms with Gasteiger partial charge in [0.15, 0.2) is 5.96 Å². The molecule has 2 heterocycles. The highest BCUT2D eigenvalue weighted by Gasteiger charge is 2.23. The average Bonchev–Trinajstić information content (AvgIpc) is 3.10. The third kappa shape index (κ3) is 5.27. The lowest BCUT2D eigenvalue weighted by molar-refractivity contribution is 0.0169. The van der Waals surface area contributed by atoms with Gasteiger partial charge in [-0.15, -0.1) is 0 Å². The van der Waals surface area contributed by atoms with E-state index in [0.29, 0.717) is 32.3 Å². The van der Waals surface area contributed by atoms with Crippen molar-refractivity contribution in [1.82, 2.24) is 25.3 Å². The van der Waals surface area contributed by atoms with Crippen molar-refractivity contribution in [3.63, 3.8) is 0 Å². The minimum absolute atomic E-state index is 0.0415. The lowest BCUT2D eigenvalue weighted by Gasteiger charge is -2.35. The number of ether oxygens (including phenoxy) is 1. The molecule has 2 N–H and O–H groups in total. The molecule has 1 atom stereocenters. The summed E-state index contributed by atoms with van der Waals surface area (Å²) in [7, 11) is 3.65. The van der Waals surface area contributed by atoms with Crippen LogP contribution in [0.3, 0.4) is 0 Å². The second-order valence-corrected chi connectivity index (χ2v) is 6.47. The lowest BCUT2D eigenvalue weighted by atomic mass is 10.0. The van der Waals surface area contributed by atoms with Crippen LogP contribution >= 0.6 is 0 Å². The molecule has 1 aliphatic rings. The van der Waals surface area contributed by atoms with Crippen LogP contribution in [0.25, 0.3) is 0 Å². The number of rotatable bonds is 6. The van der Waals surface area contributed by atoms with E-state index in [1.165, 1.54) is 6.07 Å². The summed E-state index contributed by atoms with van der Waals surface area (Å²) >= 11 is 0. The number of hydrogen-bond donors (Lipinski definition) is 2. The van der Waals surface area contributed by atoms with Gasteiger partial charge in [-0.1, -0.05) is 12.1 Å². The predicted molar refractivity (Wildman–Crippen MR) is 103 cm³/mol. The fraction of sp³-hybridized carbons (Fsp3) is 0.474. The van der Waals surface area contributed by atoms with Crippen LogP contribution in [0.15, 0.2) is 41.5 Å². The normalized spacial score (nSPS) is 16.9. The number of aryl methyl sites for hydroxylation is 1. The Morgan fingerprint density at radius 2 is 2.11 bits per heavy atom. The van der Waals surface area contributed by atoms with Crippen molar-refractivity contribution < 1.29 is 9.13 Å². The number of nitrogens with zero attached hydrogens (tertiary/aromatic N) is 4. The predicted octanol–water partition coefficient (Wildman–Crippen LogP) is 1.30. The number of nitrogens with one attached hydrogen (secondary N) is 2. The Balaban J connectivity index is 1.64. The molecule has 1 unspecified atom stereocenters. The van der Waals surface area contributed by atoms with Crippen molar-refractivity contribution in [2.24, 2.45) is 12.0 Å². The van der Waals surface area contributed by atoms with E-state index in [9.17, 15) is 4.39 Å². The fourth-order valence-corrected chi connectivity index (χ4v) is 3.22. The first kappa shape index (κ1) is 19.3. The Kier molecular flexibility index (Phi) is 6.78. The van der Waals surface area contributed by atoms with Crippen molar-refractivity contribution in [3.05, 3.63) is 53.6 Å². The quantitative estimate of drug-likeness (QED) is 0.589. The molecule has 1 aromatic heterocycles. The summed E-state index contributed by atoms with van der Waals surface area (Å²) < 4.78 is 21.1. The van der Waals surface area contributed by atoms with Gasteiger partial charge < -0.3 is 15.4 Å². The second kappa shape index (κ2) is 9.48. The maximum Gasteiger partial charge on any atom is 0.191 e. The summed E-state index contributed by atoms with van der Waals surface area (Å²) in [5.74, 6) is 0.482. The Bertz CT molecular complexity index is 756. The molecule has 3 rings (SSSR count). The Hall–Kier alpha value is -2.45. The van der Waals surface area contributed by atoms with Gasteiger partial charge in [0.2, 0.25) is 0 Å². The molecule has 146 valence electrons. The van der Waals surface area contributed by atoms with Gasteiger partial charge >= 0.3 is 0 Å². The number of guanidine groups is 1. The van der Waals surface area contributed by atoms with E-state index >= 15 is 0 Å². The van der Waals surface area contributed by atoms with Gasteiger partial charge in [-0.3, -0.25) is 14.6 Å². The van der Waals surface area contributed by atoms with Gasteiger partial charge in [0.25, 0.3) is 0 Å². The molecule has 1 fully saturated rings. The van der Waals surface area contributed by atoms with Gasteiger partial charge in [0.1, 0.15) is 5.82 Å². The number of halogens is 1.